The van der Waals surface area contributed by atoms with E-state index < -0.39 is 0 Å². The highest BCUT2D eigenvalue weighted by Gasteiger charge is 2.13. The first-order valence-corrected chi connectivity index (χ1v) is 6.38. The molecule has 0 aliphatic rings. The molecule has 6 heteroatoms. The smallest absolute Gasteiger partial charge is 0.253 e. The minimum absolute atomic E-state index is 0.0225. The van der Waals surface area contributed by atoms with Crippen molar-refractivity contribution >= 4 is 23.2 Å². The van der Waals surface area contributed by atoms with Crippen molar-refractivity contribution in [3.8, 4) is 0 Å². The molecule has 0 bridgehead atoms. The molecule has 1 aromatic rings. The van der Waals surface area contributed by atoms with E-state index in [-0.39, 0.29) is 18.2 Å². The Kier molecular flexibility index (Phi) is 5.37. The summed E-state index contributed by atoms with van der Waals surface area (Å²) < 4.78 is 0. The van der Waals surface area contributed by atoms with Crippen LogP contribution in [0.2, 0.25) is 0 Å². The summed E-state index contributed by atoms with van der Waals surface area (Å²) in [6.45, 7) is 0.303. The summed E-state index contributed by atoms with van der Waals surface area (Å²) >= 11 is 0. The van der Waals surface area contributed by atoms with Crippen LogP contribution in [0.3, 0.4) is 0 Å². The highest BCUT2D eigenvalue weighted by atomic mass is 16.2. The van der Waals surface area contributed by atoms with E-state index in [0.29, 0.717) is 17.8 Å². The topological polar surface area (TPSA) is 78.7 Å². The van der Waals surface area contributed by atoms with Gasteiger partial charge in [0.1, 0.15) is 0 Å². The third kappa shape index (κ3) is 4.15. The van der Waals surface area contributed by atoms with Gasteiger partial charge in [-0.2, -0.15) is 0 Å². The molecule has 0 saturated heterocycles. The van der Waals surface area contributed by atoms with E-state index >= 15 is 0 Å². The molecule has 2 amide bonds. The van der Waals surface area contributed by atoms with E-state index in [1.165, 1.54) is 4.90 Å². The minimum Gasteiger partial charge on any atom is -0.399 e. The Hall–Kier alpha value is -2.24. The predicted octanol–water partition coefficient (Wildman–Crippen LogP) is 0.543. The molecule has 0 unspecified atom stereocenters. The quantitative estimate of drug-likeness (QED) is 0.771. The third-order valence-electron chi connectivity index (χ3n) is 2.87. The molecule has 0 aromatic heterocycles. The van der Waals surface area contributed by atoms with Gasteiger partial charge in [0.2, 0.25) is 5.91 Å². The fourth-order valence-corrected chi connectivity index (χ4v) is 1.73. The lowest BCUT2D eigenvalue weighted by Crippen LogP contribution is -2.31. The molecule has 1 rings (SSSR count). The van der Waals surface area contributed by atoms with Gasteiger partial charge >= 0.3 is 0 Å². The number of hydrogen-bond donors (Lipinski definition) is 2. The van der Waals surface area contributed by atoms with Crippen LogP contribution in [0.15, 0.2) is 18.2 Å². The van der Waals surface area contributed by atoms with E-state index in [1.807, 2.05) is 19.0 Å². The van der Waals surface area contributed by atoms with E-state index in [4.69, 9.17) is 5.73 Å². The van der Waals surface area contributed by atoms with Gasteiger partial charge in [-0.3, -0.25) is 9.59 Å². The average Bonchev–Trinajstić information content (AvgIpc) is 2.37. The van der Waals surface area contributed by atoms with E-state index in [0.717, 1.165) is 5.69 Å². The number of benzene rings is 1. The molecule has 6 nitrogen and oxygen atoms in total. The number of hydrogen-bond acceptors (Lipinski definition) is 4. The second kappa shape index (κ2) is 6.79. The van der Waals surface area contributed by atoms with Crippen molar-refractivity contribution in [2.45, 2.75) is 6.42 Å². The van der Waals surface area contributed by atoms with Gasteiger partial charge in [-0.25, -0.2) is 0 Å². The van der Waals surface area contributed by atoms with Gasteiger partial charge in [-0.05, 0) is 18.2 Å². The number of nitrogens with one attached hydrogen (secondary N) is 1. The van der Waals surface area contributed by atoms with Crippen LogP contribution in [0.25, 0.3) is 0 Å². The van der Waals surface area contributed by atoms with Crippen LogP contribution in [0.5, 0.6) is 0 Å². The minimum atomic E-state index is -0.229. The number of rotatable bonds is 5. The van der Waals surface area contributed by atoms with Crippen LogP contribution >= 0.6 is 0 Å². The monoisotopic (exact) mass is 278 g/mol. The van der Waals surface area contributed by atoms with Gasteiger partial charge in [0.05, 0.1) is 5.56 Å². The number of nitrogens with two attached hydrogens (primary N) is 1. The first-order valence-electron chi connectivity index (χ1n) is 6.38. The number of amides is 2. The molecule has 0 fully saturated rings. The number of nitrogen functional groups attached to an aromatic ring is 1. The zero-order chi connectivity index (χ0) is 15.3. The maximum absolute atomic E-state index is 12.2. The molecule has 0 aliphatic carbocycles. The second-order valence-corrected chi connectivity index (χ2v) is 4.97. The summed E-state index contributed by atoms with van der Waals surface area (Å²) in [5.41, 5.74) is 7.55. The van der Waals surface area contributed by atoms with Crippen molar-refractivity contribution in [1.82, 2.24) is 10.2 Å². The summed E-state index contributed by atoms with van der Waals surface area (Å²) in [7, 11) is 7.09. The fourth-order valence-electron chi connectivity index (χ4n) is 1.73. The van der Waals surface area contributed by atoms with Crippen LogP contribution < -0.4 is 16.0 Å². The van der Waals surface area contributed by atoms with Gasteiger partial charge < -0.3 is 20.9 Å². The molecule has 0 heterocycles. The molecule has 0 aliphatic heterocycles. The standard InChI is InChI=1S/C14H22N4O2/c1-17(2)12-6-5-10(15)9-11(12)14(20)16-8-7-13(19)18(3)4/h5-6,9H,7-8,15H2,1-4H3,(H,16,20). The first kappa shape index (κ1) is 15.8. The van der Waals surface area contributed by atoms with Gasteiger partial charge in [0, 0.05) is 52.5 Å². The molecule has 20 heavy (non-hydrogen) atoms. The average molecular weight is 278 g/mol. The molecular formula is C14H22N4O2. The fraction of sp³-hybridized carbons (Fsp3) is 0.429. The van der Waals surface area contributed by atoms with Gasteiger partial charge in [0.15, 0.2) is 0 Å². The highest BCUT2D eigenvalue weighted by Crippen LogP contribution is 2.21. The number of carbonyl (C=O) groups is 2. The molecule has 1 aromatic carbocycles. The largest absolute Gasteiger partial charge is 0.399 e. The molecule has 0 saturated carbocycles. The van der Waals surface area contributed by atoms with Crippen molar-refractivity contribution in [3.63, 3.8) is 0 Å². The lowest BCUT2D eigenvalue weighted by atomic mass is 10.1. The molecule has 3 N–H and O–H groups in total. The molecule has 110 valence electrons. The SMILES string of the molecule is CN(C)C(=O)CCNC(=O)c1cc(N)ccc1N(C)C. The van der Waals surface area contributed by atoms with Gasteiger partial charge in [0.25, 0.3) is 5.91 Å². The van der Waals surface area contributed by atoms with Crippen LogP contribution in [0.1, 0.15) is 16.8 Å². The van der Waals surface area contributed by atoms with Crippen LogP contribution in [-0.2, 0) is 4.79 Å². The zero-order valence-electron chi connectivity index (χ0n) is 12.4. The van der Waals surface area contributed by atoms with Crippen molar-refractivity contribution in [2.24, 2.45) is 0 Å². The Morgan fingerprint density at radius 1 is 1.20 bits per heavy atom. The lowest BCUT2D eigenvalue weighted by molar-refractivity contribution is -0.128. The normalized spacial score (nSPS) is 10.0. The maximum Gasteiger partial charge on any atom is 0.253 e. The summed E-state index contributed by atoms with van der Waals surface area (Å²) in [5.74, 6) is -0.252. The van der Waals surface area contributed by atoms with E-state index in [9.17, 15) is 9.59 Å². The Morgan fingerprint density at radius 3 is 2.40 bits per heavy atom. The Balaban J connectivity index is 2.72. The van der Waals surface area contributed by atoms with Gasteiger partial charge in [-0.15, -0.1) is 0 Å². The van der Waals surface area contributed by atoms with Crippen molar-refractivity contribution in [1.29, 1.82) is 0 Å². The molecule has 0 spiro atoms. The Bertz CT molecular complexity index is 498. The summed E-state index contributed by atoms with van der Waals surface area (Å²) in [4.78, 5) is 26.9. The molecule has 0 atom stereocenters. The Labute approximate surface area is 119 Å². The van der Waals surface area contributed by atoms with E-state index in [1.54, 1.807) is 32.3 Å². The third-order valence-corrected chi connectivity index (χ3v) is 2.87. The first-order chi connectivity index (χ1) is 9.32. The number of carbonyl (C=O) groups excluding carboxylic acids is 2. The van der Waals surface area contributed by atoms with Crippen molar-refractivity contribution in [2.75, 3.05) is 45.4 Å². The lowest BCUT2D eigenvalue weighted by Gasteiger charge is -2.18. The predicted molar refractivity (Wildman–Crippen MR) is 80.8 cm³/mol. The summed E-state index contributed by atoms with van der Waals surface area (Å²) in [5, 5.41) is 2.74. The van der Waals surface area contributed by atoms with E-state index in [2.05, 4.69) is 5.32 Å². The Morgan fingerprint density at radius 2 is 1.85 bits per heavy atom. The zero-order valence-corrected chi connectivity index (χ0v) is 12.4. The van der Waals surface area contributed by atoms with Crippen LogP contribution in [0, 0.1) is 0 Å². The molecular weight excluding hydrogens is 256 g/mol. The summed E-state index contributed by atoms with van der Waals surface area (Å²) in [6, 6.07) is 5.19. The van der Waals surface area contributed by atoms with Crippen molar-refractivity contribution in [3.05, 3.63) is 23.8 Å². The van der Waals surface area contributed by atoms with Gasteiger partial charge in [-0.1, -0.05) is 0 Å². The summed E-state index contributed by atoms with van der Waals surface area (Å²) in [6.07, 6.45) is 0.276. The maximum atomic E-state index is 12.2. The van der Waals surface area contributed by atoms with Crippen LogP contribution in [-0.4, -0.2) is 51.4 Å². The second-order valence-electron chi connectivity index (χ2n) is 4.97. The van der Waals surface area contributed by atoms with Crippen molar-refractivity contribution < 1.29 is 9.59 Å². The number of anilines is 2. The number of nitrogens with zero attached hydrogens (tertiary/aromatic N) is 2. The highest BCUT2D eigenvalue weighted by molar-refractivity contribution is 6.00. The van der Waals surface area contributed by atoms with Crippen LogP contribution in [0.4, 0.5) is 11.4 Å². The molecule has 0 radical (unpaired) electrons.